The fourth-order valence-electron chi connectivity index (χ4n) is 1.03. The number of carbonyl (C=O) groups excluding carboxylic acids is 1. The summed E-state index contributed by atoms with van der Waals surface area (Å²) in [7, 11) is 0. The van der Waals surface area contributed by atoms with E-state index in [1.165, 1.54) is 0 Å². The second-order valence-electron chi connectivity index (χ2n) is 4.56. The van der Waals surface area contributed by atoms with E-state index in [1.54, 1.807) is 6.92 Å². The average molecular weight is 157 g/mol. The normalized spacial score (nSPS) is 13.3. The number of hydrogen-bond donors (Lipinski definition) is 1. The van der Waals surface area contributed by atoms with Crippen molar-refractivity contribution in [3.63, 3.8) is 0 Å². The molecule has 66 valence electrons. The summed E-state index contributed by atoms with van der Waals surface area (Å²) in [4.78, 5) is 11.1. The molecule has 0 aromatic carbocycles. The fraction of sp³-hybridized carbons (Fsp3) is 0.889. The molecule has 0 saturated heterocycles. The molecule has 0 aliphatic heterocycles. The molecule has 2 heteroatoms. The Bertz CT molecular complexity index is 153. The zero-order valence-electron chi connectivity index (χ0n) is 8.41. The van der Waals surface area contributed by atoms with Crippen LogP contribution >= 0.6 is 0 Å². The molecule has 0 aliphatic carbocycles. The van der Waals surface area contributed by atoms with Crippen LogP contribution in [0.4, 0.5) is 0 Å². The van der Waals surface area contributed by atoms with E-state index in [-0.39, 0.29) is 11.3 Å². The maximum Gasteiger partial charge on any atom is 0.149 e. The molecule has 0 heterocycles. The van der Waals surface area contributed by atoms with E-state index >= 15 is 0 Å². The van der Waals surface area contributed by atoms with Crippen molar-refractivity contribution in [2.24, 2.45) is 0 Å². The number of carbonyl (C=O) groups is 1. The van der Waals surface area contributed by atoms with Crippen molar-refractivity contribution in [1.29, 1.82) is 0 Å². The second-order valence-corrected chi connectivity index (χ2v) is 4.56. The fourth-order valence-corrected chi connectivity index (χ4v) is 1.03. The number of ketones is 1. The van der Waals surface area contributed by atoms with E-state index in [0.29, 0.717) is 0 Å². The molecule has 0 aromatic heterocycles. The summed E-state index contributed by atoms with van der Waals surface area (Å²) in [6.07, 6.45) is 0. The van der Waals surface area contributed by atoms with Crippen molar-refractivity contribution in [2.45, 2.75) is 52.6 Å². The summed E-state index contributed by atoms with van der Waals surface area (Å²) in [5, 5.41) is 3.25. The molecule has 0 radical (unpaired) electrons. The minimum Gasteiger partial charge on any atom is -0.301 e. The minimum atomic E-state index is -0.405. The largest absolute Gasteiger partial charge is 0.301 e. The third kappa shape index (κ3) is 4.14. The van der Waals surface area contributed by atoms with Gasteiger partial charge in [-0.2, -0.15) is 0 Å². The van der Waals surface area contributed by atoms with Crippen molar-refractivity contribution in [2.75, 3.05) is 0 Å². The van der Waals surface area contributed by atoms with Crippen LogP contribution in [0.2, 0.25) is 0 Å². The molecule has 0 unspecified atom stereocenters. The first kappa shape index (κ1) is 10.6. The zero-order chi connectivity index (χ0) is 9.28. The van der Waals surface area contributed by atoms with Crippen LogP contribution in [0.25, 0.3) is 0 Å². The smallest absolute Gasteiger partial charge is 0.149 e. The molecule has 0 aromatic rings. The molecule has 0 bridgehead atoms. The first-order valence-corrected chi connectivity index (χ1v) is 3.95. The van der Waals surface area contributed by atoms with Gasteiger partial charge in [-0.3, -0.25) is 4.79 Å². The first-order chi connectivity index (χ1) is 4.65. The van der Waals surface area contributed by atoms with E-state index in [9.17, 15) is 4.79 Å². The summed E-state index contributed by atoms with van der Waals surface area (Å²) < 4.78 is 0. The Morgan fingerprint density at radius 3 is 1.55 bits per heavy atom. The molecule has 1 N–H and O–H groups in total. The molecule has 0 saturated carbocycles. The Morgan fingerprint density at radius 1 is 1.09 bits per heavy atom. The summed E-state index contributed by atoms with van der Waals surface area (Å²) in [6, 6.07) is 0. The quantitative estimate of drug-likeness (QED) is 0.661. The van der Waals surface area contributed by atoms with Gasteiger partial charge in [0.1, 0.15) is 5.78 Å². The molecule has 2 nitrogen and oxygen atoms in total. The number of rotatable bonds is 2. The molecular formula is C9H19NO. The van der Waals surface area contributed by atoms with Crippen LogP contribution < -0.4 is 5.32 Å². The highest BCUT2D eigenvalue weighted by Crippen LogP contribution is 2.10. The SMILES string of the molecule is CC(=O)C(C)(C)NC(C)(C)C. The van der Waals surface area contributed by atoms with Gasteiger partial charge < -0.3 is 5.32 Å². The molecule has 0 atom stereocenters. The lowest BCUT2D eigenvalue weighted by molar-refractivity contribution is -0.122. The van der Waals surface area contributed by atoms with Crippen molar-refractivity contribution in [3.8, 4) is 0 Å². The highest BCUT2D eigenvalue weighted by molar-refractivity contribution is 5.85. The van der Waals surface area contributed by atoms with Crippen molar-refractivity contribution >= 4 is 5.78 Å². The maximum atomic E-state index is 11.1. The molecule has 0 amide bonds. The predicted octanol–water partition coefficient (Wildman–Crippen LogP) is 1.74. The van der Waals surface area contributed by atoms with Crippen LogP contribution in [0.3, 0.4) is 0 Å². The Balaban J connectivity index is 4.25. The topological polar surface area (TPSA) is 29.1 Å². The summed E-state index contributed by atoms with van der Waals surface area (Å²) >= 11 is 0. The van der Waals surface area contributed by atoms with Crippen LogP contribution in [0, 0.1) is 0 Å². The molecular weight excluding hydrogens is 138 g/mol. The van der Waals surface area contributed by atoms with Gasteiger partial charge in [0.25, 0.3) is 0 Å². The second kappa shape index (κ2) is 2.94. The average Bonchev–Trinajstić information content (AvgIpc) is 1.56. The van der Waals surface area contributed by atoms with Crippen LogP contribution in [-0.4, -0.2) is 16.9 Å². The van der Waals surface area contributed by atoms with Gasteiger partial charge in [-0.15, -0.1) is 0 Å². The van der Waals surface area contributed by atoms with Gasteiger partial charge in [0.15, 0.2) is 0 Å². The van der Waals surface area contributed by atoms with Gasteiger partial charge in [0, 0.05) is 5.54 Å². The van der Waals surface area contributed by atoms with Crippen molar-refractivity contribution < 1.29 is 4.79 Å². The van der Waals surface area contributed by atoms with Crippen LogP contribution in [0.15, 0.2) is 0 Å². The van der Waals surface area contributed by atoms with Gasteiger partial charge in [0.2, 0.25) is 0 Å². The maximum absolute atomic E-state index is 11.1. The van der Waals surface area contributed by atoms with E-state index in [4.69, 9.17) is 0 Å². The lowest BCUT2D eigenvalue weighted by Gasteiger charge is -2.32. The lowest BCUT2D eigenvalue weighted by atomic mass is 9.95. The monoisotopic (exact) mass is 157 g/mol. The van der Waals surface area contributed by atoms with Gasteiger partial charge in [0.05, 0.1) is 5.54 Å². The van der Waals surface area contributed by atoms with E-state index in [1.807, 2.05) is 13.8 Å². The van der Waals surface area contributed by atoms with E-state index < -0.39 is 5.54 Å². The molecule has 11 heavy (non-hydrogen) atoms. The van der Waals surface area contributed by atoms with Crippen LogP contribution in [0.5, 0.6) is 0 Å². The van der Waals surface area contributed by atoms with Crippen molar-refractivity contribution in [3.05, 3.63) is 0 Å². The first-order valence-electron chi connectivity index (χ1n) is 3.95. The highest BCUT2D eigenvalue weighted by atomic mass is 16.1. The third-order valence-electron chi connectivity index (χ3n) is 1.57. The van der Waals surface area contributed by atoms with Gasteiger partial charge >= 0.3 is 0 Å². The standard InChI is InChI=1S/C9H19NO/c1-7(11)9(5,6)10-8(2,3)4/h10H,1-6H3. The minimum absolute atomic E-state index is 0.00479. The Hall–Kier alpha value is -0.370. The molecule has 0 rings (SSSR count). The van der Waals surface area contributed by atoms with E-state index in [0.717, 1.165) is 0 Å². The third-order valence-corrected chi connectivity index (χ3v) is 1.57. The lowest BCUT2D eigenvalue weighted by Crippen LogP contribution is -2.54. The summed E-state index contributed by atoms with van der Waals surface area (Å²) in [6.45, 7) is 11.6. The zero-order valence-corrected chi connectivity index (χ0v) is 8.41. The van der Waals surface area contributed by atoms with E-state index in [2.05, 4.69) is 26.1 Å². The Morgan fingerprint density at radius 2 is 1.45 bits per heavy atom. The molecule has 0 fully saturated rings. The Kier molecular flexibility index (Phi) is 2.84. The Labute approximate surface area is 69.4 Å². The highest BCUT2D eigenvalue weighted by Gasteiger charge is 2.27. The predicted molar refractivity (Wildman–Crippen MR) is 47.6 cm³/mol. The van der Waals surface area contributed by atoms with Crippen LogP contribution in [0.1, 0.15) is 41.5 Å². The number of nitrogens with one attached hydrogen (secondary N) is 1. The molecule has 0 aliphatic rings. The molecule has 0 spiro atoms. The number of hydrogen-bond acceptors (Lipinski definition) is 2. The number of Topliss-reactive ketones (excluding diaryl/α,β-unsaturated/α-hetero) is 1. The van der Waals surface area contributed by atoms with Gasteiger partial charge in [-0.05, 0) is 41.5 Å². The van der Waals surface area contributed by atoms with Gasteiger partial charge in [-0.25, -0.2) is 0 Å². The van der Waals surface area contributed by atoms with Crippen LogP contribution in [-0.2, 0) is 4.79 Å². The summed E-state index contributed by atoms with van der Waals surface area (Å²) in [5.74, 6) is 0.174. The summed E-state index contributed by atoms with van der Waals surface area (Å²) in [5.41, 5.74) is -0.409. The van der Waals surface area contributed by atoms with Crippen molar-refractivity contribution in [1.82, 2.24) is 5.32 Å². The van der Waals surface area contributed by atoms with Gasteiger partial charge in [-0.1, -0.05) is 0 Å².